The van der Waals surface area contributed by atoms with Crippen LogP contribution in [0.2, 0.25) is 0 Å². The highest BCUT2D eigenvalue weighted by molar-refractivity contribution is 9.11. The van der Waals surface area contributed by atoms with Crippen LogP contribution in [0, 0.1) is 27.7 Å². The number of nitrogens with zero attached hydrogens (tertiary/aromatic N) is 4. The zero-order valence-corrected chi connectivity index (χ0v) is 51.3. The number of aryl methyl sites for hydroxylation is 4. The maximum Gasteiger partial charge on any atom is 0.780 e. The first-order valence-corrected chi connectivity index (χ1v) is 30.2. The molecule has 0 N–H and O–H groups in total. The fourth-order valence-electron chi connectivity index (χ4n) is 14.8. The third-order valence-electron chi connectivity index (χ3n) is 17.6. The number of halogens is 4. The average molecular weight is 1300 g/mol. The topological polar surface area (TPSA) is 52.8 Å². The Morgan fingerprint density at radius 2 is 0.650 bits per heavy atom. The highest BCUT2D eigenvalue weighted by Crippen LogP contribution is 2.58. The lowest BCUT2D eigenvalue weighted by molar-refractivity contribution is -0.374. The maximum absolute atomic E-state index is 7.97. The van der Waals surface area contributed by atoms with Crippen LogP contribution in [0.3, 0.4) is 0 Å². The molecule has 0 radical (unpaired) electrons. The predicted molar refractivity (Wildman–Crippen MR) is 340 cm³/mol. The lowest BCUT2D eigenvalue weighted by Gasteiger charge is -2.45. The van der Waals surface area contributed by atoms with Gasteiger partial charge in [0.25, 0.3) is 0 Å². The number of fused-ring (bicyclic) bond motifs is 22. The van der Waals surface area contributed by atoms with Crippen LogP contribution in [-0.2, 0) is 0 Å². The van der Waals surface area contributed by atoms with E-state index < -0.39 is 13.6 Å². The lowest BCUT2D eigenvalue weighted by atomic mass is 9.73. The van der Waals surface area contributed by atoms with Gasteiger partial charge in [-0.05, 0) is 192 Å². The Morgan fingerprint density at radius 1 is 0.362 bits per heavy atom. The first kappa shape index (κ1) is 48.8. The Morgan fingerprint density at radius 3 is 0.938 bits per heavy atom. The van der Waals surface area contributed by atoms with Gasteiger partial charge in [-0.3, -0.25) is 0 Å². The highest BCUT2D eigenvalue weighted by Gasteiger charge is 2.65. The van der Waals surface area contributed by atoms with Crippen LogP contribution in [-0.4, -0.2) is 43.0 Å². The van der Waals surface area contributed by atoms with Gasteiger partial charge in [-0.15, -0.1) is 0 Å². The Balaban J connectivity index is 0.995. The van der Waals surface area contributed by atoms with Crippen LogP contribution in [0.1, 0.15) is 61.6 Å². The first-order chi connectivity index (χ1) is 38.5. The molecule has 0 fully saturated rings. The number of hydrogen-bond donors (Lipinski definition) is 0. The summed E-state index contributed by atoms with van der Waals surface area (Å²) in [6, 6.07) is 47.8. The number of allylic oxidation sites excluding steroid dienone is 6. The molecule has 16 rings (SSSR count). The summed E-state index contributed by atoms with van der Waals surface area (Å²) in [5.41, 5.74) is 18.7. The minimum absolute atomic E-state index is 0.741. The summed E-state index contributed by atoms with van der Waals surface area (Å²) in [6.07, 6.45) is 4.59. The molecule has 8 aromatic carbocycles. The normalized spacial score (nSPS) is 17.1. The van der Waals surface area contributed by atoms with Gasteiger partial charge < -0.3 is 36.5 Å². The zero-order valence-electron chi connectivity index (χ0n) is 44.9. The van der Waals surface area contributed by atoms with E-state index in [1.165, 1.54) is 0 Å². The number of rotatable bonds is 1. The molecule has 0 saturated heterocycles. The monoisotopic (exact) mass is 1300 g/mol. The van der Waals surface area contributed by atoms with Crippen molar-refractivity contribution in [1.29, 1.82) is 0 Å². The summed E-state index contributed by atoms with van der Waals surface area (Å²) >= 11 is 15.1. The van der Waals surface area contributed by atoms with E-state index in [0.717, 1.165) is 185 Å². The zero-order chi connectivity index (χ0) is 54.7. The van der Waals surface area contributed by atoms with Crippen molar-refractivity contribution < 1.29 is 27.6 Å². The molecule has 6 aliphatic heterocycles. The smallest absolute Gasteiger partial charge is 0.601 e. The molecular weight excluding hydrogens is 1250 g/mol. The van der Waals surface area contributed by atoms with Crippen molar-refractivity contribution in [2.24, 2.45) is 0 Å². The number of hydrogen-bond acceptors (Lipinski definition) is 4. The summed E-state index contributed by atoms with van der Waals surface area (Å²) in [6.45, 7) is 12.4. The molecule has 14 heteroatoms. The second-order valence-electron chi connectivity index (χ2n) is 22.5. The van der Waals surface area contributed by atoms with Crippen LogP contribution >= 0.6 is 63.7 Å². The molecule has 0 unspecified atom stereocenters. The van der Waals surface area contributed by atoms with Gasteiger partial charge in [-0.2, -0.15) is 0 Å². The minimum atomic E-state index is -2.65. The van der Waals surface area contributed by atoms with Crippen LogP contribution < -0.4 is 18.6 Å². The molecule has 0 atom stereocenters. The van der Waals surface area contributed by atoms with E-state index in [0.29, 0.717) is 0 Å². The summed E-state index contributed by atoms with van der Waals surface area (Å²) in [5, 5.41) is 8.68. The van der Waals surface area contributed by atoms with E-state index in [1.807, 2.05) is 0 Å². The first-order valence-electron chi connectivity index (χ1n) is 27.0. The molecule has 0 aliphatic carbocycles. The van der Waals surface area contributed by atoms with Crippen LogP contribution in [0.15, 0.2) is 186 Å². The highest BCUT2D eigenvalue weighted by atomic mass is 79.9. The summed E-state index contributed by atoms with van der Waals surface area (Å²) in [4.78, 5) is 0. The van der Waals surface area contributed by atoms with Crippen molar-refractivity contribution in [3.05, 3.63) is 220 Å². The second kappa shape index (κ2) is 16.8. The van der Waals surface area contributed by atoms with Gasteiger partial charge in [0, 0.05) is 88.7 Å². The average Bonchev–Trinajstić information content (AvgIpc) is 3.97. The SMILES string of the molecule is CC1=CC(C)=[N+]2C1=C(C1=C3C(C)=CC(C)=[N+]3[B-]3(Oc4ccc5cc(Br)ccc5c4-c4c(ccc5cc(Br)ccc45)O3)n3c(C)cc(C)c31)c1c(C)cc(C)n1[B-]21Oc2ccc3cc(Br)ccc3c2-c2c(ccc3cc(Br)ccc23)O1. The van der Waals surface area contributed by atoms with Gasteiger partial charge >= 0.3 is 13.6 Å². The van der Waals surface area contributed by atoms with Crippen LogP contribution in [0.4, 0.5) is 0 Å². The Bertz CT molecular complexity index is 4390. The molecule has 6 aliphatic rings. The fraction of sp³-hybridized carbons (Fsp3) is 0.121. The lowest BCUT2D eigenvalue weighted by Crippen LogP contribution is -2.68. The molecule has 10 aromatic rings. The van der Waals surface area contributed by atoms with Gasteiger partial charge in [0.15, 0.2) is 11.4 Å². The molecule has 80 heavy (non-hydrogen) atoms. The molecule has 8 nitrogen and oxygen atoms in total. The van der Waals surface area contributed by atoms with Crippen molar-refractivity contribution >= 4 is 143 Å². The van der Waals surface area contributed by atoms with Gasteiger partial charge in [0.2, 0.25) is 0 Å². The van der Waals surface area contributed by atoms with Crippen molar-refractivity contribution in [2.75, 3.05) is 0 Å². The molecule has 390 valence electrons. The predicted octanol–water partition coefficient (Wildman–Crippen LogP) is 18.0. The summed E-state index contributed by atoms with van der Waals surface area (Å²) in [7, 11) is 0. The summed E-state index contributed by atoms with van der Waals surface area (Å²) in [5.74, 6) is 2.96. The van der Waals surface area contributed by atoms with Gasteiger partial charge in [-0.1, -0.05) is 112 Å². The quantitative estimate of drug-likeness (QED) is 0.154. The van der Waals surface area contributed by atoms with E-state index in [1.54, 1.807) is 0 Å². The third-order valence-corrected chi connectivity index (χ3v) is 19.6. The maximum atomic E-state index is 7.97. The second-order valence-corrected chi connectivity index (χ2v) is 26.1. The molecule has 0 amide bonds. The molecule has 0 bridgehead atoms. The molecule has 2 spiro atoms. The van der Waals surface area contributed by atoms with E-state index >= 15 is 0 Å². The standard InChI is InChI=1S/C66H48B2Br4N4O4/c1-33-25-37(5)73-63(33)61(64-34(2)26-38(6)74(64)67(73)77-53-21-9-41-29-45(69)13-17-49(41)57(53)58-50-18-14-46(70)30-42(50)10-22-54(58)78-67)62-65-35(3)27-39(7)75(65)68(76-40(8)28-36(4)66(62)76)79-55-23-11-43-31-47(71)15-19-51(43)59(55)60-52-20-16-48(72)32-44(52)12-24-56(60)80-68/h9-32H,1-8H3. The third kappa shape index (κ3) is 6.39. The van der Waals surface area contributed by atoms with Gasteiger partial charge in [0.1, 0.15) is 11.4 Å². The van der Waals surface area contributed by atoms with Crippen molar-refractivity contribution in [3.63, 3.8) is 0 Å². The Kier molecular flexibility index (Phi) is 10.2. The van der Waals surface area contributed by atoms with Crippen molar-refractivity contribution in [3.8, 4) is 45.3 Å². The fourth-order valence-corrected chi connectivity index (χ4v) is 16.3. The van der Waals surface area contributed by atoms with E-state index in [9.17, 15) is 0 Å². The van der Waals surface area contributed by atoms with Crippen LogP contribution in [0.5, 0.6) is 23.0 Å². The molecule has 0 saturated carbocycles. The molecule has 8 heterocycles. The number of aromatic nitrogens is 2. The van der Waals surface area contributed by atoms with Crippen molar-refractivity contribution in [1.82, 2.24) is 8.96 Å². The van der Waals surface area contributed by atoms with Gasteiger partial charge in [-0.25, -0.2) is 0 Å². The Hall–Kier alpha value is -7.09. The summed E-state index contributed by atoms with van der Waals surface area (Å²) < 4.78 is 45.4. The molecule has 2 aromatic heterocycles. The van der Waals surface area contributed by atoms with Crippen LogP contribution in [0.25, 0.3) is 76.5 Å². The van der Waals surface area contributed by atoms with E-state index in [2.05, 4.69) is 283 Å². The van der Waals surface area contributed by atoms with Crippen molar-refractivity contribution in [2.45, 2.75) is 55.4 Å². The van der Waals surface area contributed by atoms with E-state index in [-0.39, 0.29) is 0 Å². The van der Waals surface area contributed by atoms with Gasteiger partial charge in [0.05, 0.1) is 34.1 Å². The van der Waals surface area contributed by atoms with E-state index in [4.69, 9.17) is 18.6 Å². The minimum Gasteiger partial charge on any atom is -0.601 e. The number of benzene rings is 8. The Labute approximate surface area is 496 Å². The molecular formula is C66H48B2Br4N4O4. The largest absolute Gasteiger partial charge is 0.780 e.